The molecule has 0 amide bonds. The van der Waals surface area contributed by atoms with Gasteiger partial charge in [0.1, 0.15) is 0 Å². The smallest absolute Gasteiger partial charge is 0.184 e. The number of hydrogen-bond acceptors (Lipinski definition) is 2. The maximum Gasteiger partial charge on any atom is 0.217 e. The Hall–Kier alpha value is -0.570. The molecule has 0 aliphatic heterocycles. The fourth-order valence-corrected chi connectivity index (χ4v) is 1.44. The zero-order chi connectivity index (χ0) is 6.85. The predicted octanol–water partition coefficient (Wildman–Crippen LogP) is 0.778. The minimum atomic E-state index is -1.97. The van der Waals surface area contributed by atoms with Gasteiger partial charge in [0.25, 0.3) is 0 Å². The second kappa shape index (κ2) is 2.35. The quantitative estimate of drug-likeness (QED) is 0.471. The van der Waals surface area contributed by atoms with E-state index in [0.717, 1.165) is 12.0 Å². The molecule has 0 unspecified atom stereocenters. The van der Waals surface area contributed by atoms with Crippen molar-refractivity contribution in [1.29, 1.82) is 0 Å². The molecular formula is C6H8O2S. The fraction of sp³-hybridized carbons (Fsp3) is 0.500. The Kier molecular flexibility index (Phi) is 1.71. The van der Waals surface area contributed by atoms with Gasteiger partial charge < -0.3 is 0 Å². The second-order valence-corrected chi connectivity index (χ2v) is 3.19. The molecule has 0 aromatic carbocycles. The molecule has 2 nitrogen and oxygen atoms in total. The van der Waals surface area contributed by atoms with E-state index in [4.69, 9.17) is 0 Å². The molecule has 0 radical (unpaired) electrons. The highest BCUT2D eigenvalue weighted by Crippen LogP contribution is 2.13. The summed E-state index contributed by atoms with van der Waals surface area (Å²) in [5.74, 6) is 0. The van der Waals surface area contributed by atoms with Crippen molar-refractivity contribution in [2.75, 3.05) is 0 Å². The van der Waals surface area contributed by atoms with Gasteiger partial charge in [-0.1, -0.05) is 5.57 Å². The Bertz CT molecular complexity index is 261. The normalized spacial score (nSPS) is 17.9. The lowest BCUT2D eigenvalue weighted by Gasteiger charge is -1.79. The van der Waals surface area contributed by atoms with Gasteiger partial charge in [0, 0.05) is 0 Å². The van der Waals surface area contributed by atoms with Crippen LogP contribution in [0.3, 0.4) is 0 Å². The Morgan fingerprint density at radius 2 is 2.11 bits per heavy atom. The molecule has 1 aliphatic carbocycles. The molecule has 0 fully saturated rings. The topological polar surface area (TPSA) is 34.1 Å². The van der Waals surface area contributed by atoms with Crippen molar-refractivity contribution < 1.29 is 8.42 Å². The molecule has 50 valence electrons. The van der Waals surface area contributed by atoms with Gasteiger partial charge in [-0.3, -0.25) is 0 Å². The highest BCUT2D eigenvalue weighted by atomic mass is 32.2. The number of rotatable bonds is 0. The lowest BCUT2D eigenvalue weighted by atomic mass is 10.3. The first kappa shape index (κ1) is 6.55. The molecular weight excluding hydrogens is 136 g/mol. The van der Waals surface area contributed by atoms with Crippen molar-refractivity contribution in [2.24, 2.45) is 0 Å². The Morgan fingerprint density at radius 3 is 2.33 bits per heavy atom. The van der Waals surface area contributed by atoms with Crippen LogP contribution >= 0.6 is 0 Å². The van der Waals surface area contributed by atoms with E-state index >= 15 is 0 Å². The van der Waals surface area contributed by atoms with Crippen LogP contribution in [0.25, 0.3) is 0 Å². The second-order valence-electron chi connectivity index (χ2n) is 2.19. The van der Waals surface area contributed by atoms with E-state index in [1.54, 1.807) is 6.08 Å². The Morgan fingerprint density at radius 1 is 1.44 bits per heavy atom. The minimum Gasteiger partial charge on any atom is -0.184 e. The molecule has 9 heavy (non-hydrogen) atoms. The van der Waals surface area contributed by atoms with E-state index in [9.17, 15) is 8.42 Å². The summed E-state index contributed by atoms with van der Waals surface area (Å²) in [6.45, 7) is 1.94. The summed E-state index contributed by atoms with van der Waals surface area (Å²) in [6.07, 6.45) is 3.34. The summed E-state index contributed by atoms with van der Waals surface area (Å²) in [7, 11) is -1.97. The van der Waals surface area contributed by atoms with Gasteiger partial charge in [0.15, 0.2) is 0 Å². The van der Waals surface area contributed by atoms with Gasteiger partial charge in [0.2, 0.25) is 10.3 Å². The van der Waals surface area contributed by atoms with Crippen molar-refractivity contribution in [2.45, 2.75) is 19.8 Å². The van der Waals surface area contributed by atoms with Crippen LogP contribution in [0.2, 0.25) is 0 Å². The van der Waals surface area contributed by atoms with E-state index in [2.05, 4.69) is 0 Å². The van der Waals surface area contributed by atoms with Crippen LogP contribution in [-0.2, 0) is 10.3 Å². The first-order valence-electron chi connectivity index (χ1n) is 2.82. The van der Waals surface area contributed by atoms with Crippen LogP contribution in [0.5, 0.6) is 0 Å². The van der Waals surface area contributed by atoms with Gasteiger partial charge >= 0.3 is 0 Å². The monoisotopic (exact) mass is 144 g/mol. The van der Waals surface area contributed by atoms with Crippen LogP contribution in [0, 0.1) is 0 Å². The lowest BCUT2D eigenvalue weighted by Crippen LogP contribution is -1.86. The van der Waals surface area contributed by atoms with Crippen LogP contribution in [0.15, 0.2) is 11.6 Å². The Labute approximate surface area is 55.7 Å². The maximum absolute atomic E-state index is 10.3. The number of hydrogen-bond donors (Lipinski definition) is 0. The fourth-order valence-electron chi connectivity index (χ4n) is 0.871. The Balaban J connectivity index is 3.07. The third-order valence-electron chi connectivity index (χ3n) is 1.39. The van der Waals surface area contributed by atoms with E-state index < -0.39 is 10.3 Å². The van der Waals surface area contributed by atoms with Crippen molar-refractivity contribution in [3.63, 3.8) is 0 Å². The number of allylic oxidation sites excluding steroid dienone is 2. The first-order valence-corrected chi connectivity index (χ1v) is 3.90. The van der Waals surface area contributed by atoms with E-state index in [1.807, 2.05) is 6.92 Å². The van der Waals surface area contributed by atoms with Crippen molar-refractivity contribution in [1.82, 2.24) is 0 Å². The zero-order valence-electron chi connectivity index (χ0n) is 5.22. The molecule has 1 aliphatic rings. The summed E-state index contributed by atoms with van der Waals surface area (Å²) in [5.41, 5.74) is 1.16. The maximum atomic E-state index is 10.3. The molecule has 0 saturated carbocycles. The molecule has 0 atom stereocenters. The third-order valence-corrected chi connectivity index (χ3v) is 2.14. The molecule has 0 aromatic rings. The summed E-state index contributed by atoms with van der Waals surface area (Å²) in [4.78, 5) is 0.549. The average Bonchev–Trinajstić information content (AvgIpc) is 2.14. The lowest BCUT2D eigenvalue weighted by molar-refractivity contribution is 0.627. The van der Waals surface area contributed by atoms with E-state index in [-0.39, 0.29) is 0 Å². The van der Waals surface area contributed by atoms with E-state index in [0.29, 0.717) is 11.3 Å². The van der Waals surface area contributed by atoms with Crippen LogP contribution in [0.4, 0.5) is 0 Å². The van der Waals surface area contributed by atoms with Gasteiger partial charge in [-0.25, -0.2) is 0 Å². The molecule has 0 heterocycles. The summed E-state index contributed by atoms with van der Waals surface area (Å²) in [5, 5.41) is 0. The minimum absolute atomic E-state index is 0.549. The summed E-state index contributed by atoms with van der Waals surface area (Å²) in [6, 6.07) is 0. The van der Waals surface area contributed by atoms with Gasteiger partial charge in [-0.2, -0.15) is 8.42 Å². The molecule has 0 bridgehead atoms. The third kappa shape index (κ3) is 1.42. The van der Waals surface area contributed by atoms with Crippen molar-refractivity contribution in [3.05, 3.63) is 11.6 Å². The van der Waals surface area contributed by atoms with Crippen molar-refractivity contribution in [3.8, 4) is 0 Å². The van der Waals surface area contributed by atoms with Crippen LogP contribution < -0.4 is 0 Å². The van der Waals surface area contributed by atoms with E-state index in [1.165, 1.54) is 0 Å². The predicted molar refractivity (Wildman–Crippen MR) is 36.9 cm³/mol. The molecule has 0 saturated heterocycles. The van der Waals surface area contributed by atoms with Gasteiger partial charge in [-0.15, -0.1) is 0 Å². The summed E-state index contributed by atoms with van der Waals surface area (Å²) < 4.78 is 20.5. The van der Waals surface area contributed by atoms with Gasteiger partial charge in [-0.05, 0) is 25.8 Å². The van der Waals surface area contributed by atoms with Crippen LogP contribution in [0.1, 0.15) is 19.8 Å². The van der Waals surface area contributed by atoms with Crippen LogP contribution in [-0.4, -0.2) is 13.3 Å². The average molecular weight is 144 g/mol. The molecule has 0 aromatic heterocycles. The largest absolute Gasteiger partial charge is 0.217 e. The molecule has 0 spiro atoms. The SMILES string of the molecule is CC1=CC(=S(=O)=O)CC1. The molecule has 0 N–H and O–H groups in total. The highest BCUT2D eigenvalue weighted by Gasteiger charge is 2.06. The summed E-state index contributed by atoms with van der Waals surface area (Å²) >= 11 is 0. The van der Waals surface area contributed by atoms with Gasteiger partial charge in [0.05, 0.1) is 4.86 Å². The standard InChI is InChI=1S/C6H8O2S/c1-5-2-3-6(4-5)9(7)8/h4H,2-3H2,1H3. The zero-order valence-corrected chi connectivity index (χ0v) is 6.03. The molecule has 3 heteroatoms. The highest BCUT2D eigenvalue weighted by molar-refractivity contribution is 7.73. The van der Waals surface area contributed by atoms with Crippen molar-refractivity contribution >= 4 is 15.2 Å². The molecule has 1 rings (SSSR count). The first-order chi connectivity index (χ1) is 4.20.